The predicted octanol–water partition coefficient (Wildman–Crippen LogP) is 0.355. The van der Waals surface area contributed by atoms with E-state index in [1.807, 2.05) is 0 Å². The molecule has 0 N–H and O–H groups in total. The van der Waals surface area contributed by atoms with Crippen molar-refractivity contribution >= 4 is 11.9 Å². The number of rotatable bonds is 5. The minimum absolute atomic E-state index is 0.0150. The summed E-state index contributed by atoms with van der Waals surface area (Å²) in [4.78, 5) is 24.5. The minimum Gasteiger partial charge on any atom is -0.461 e. The first-order chi connectivity index (χ1) is 7.74. The average Bonchev–Trinajstić information content (AvgIpc) is 2.34. The van der Waals surface area contributed by atoms with Crippen molar-refractivity contribution in [2.24, 2.45) is 0 Å². The van der Waals surface area contributed by atoms with Crippen LogP contribution in [0.1, 0.15) is 12.8 Å². The molecule has 1 aliphatic heterocycles. The largest absolute Gasteiger partial charge is 0.461 e. The van der Waals surface area contributed by atoms with Gasteiger partial charge in [-0.15, -0.1) is 0 Å². The van der Waals surface area contributed by atoms with Crippen LogP contribution >= 0.6 is 0 Å². The van der Waals surface area contributed by atoms with Gasteiger partial charge in [0.25, 0.3) is 0 Å². The van der Waals surface area contributed by atoms with Gasteiger partial charge >= 0.3 is 5.97 Å². The van der Waals surface area contributed by atoms with Gasteiger partial charge in [0.1, 0.15) is 6.61 Å². The van der Waals surface area contributed by atoms with E-state index in [9.17, 15) is 9.59 Å². The van der Waals surface area contributed by atoms with Crippen LogP contribution in [0.5, 0.6) is 0 Å². The van der Waals surface area contributed by atoms with Crippen LogP contribution in [0.3, 0.4) is 0 Å². The van der Waals surface area contributed by atoms with Crippen LogP contribution in [0.15, 0.2) is 12.7 Å². The molecular formula is C11H17NO4. The highest BCUT2D eigenvalue weighted by Gasteiger charge is 2.17. The van der Waals surface area contributed by atoms with Crippen molar-refractivity contribution in [2.75, 3.05) is 32.9 Å². The van der Waals surface area contributed by atoms with Gasteiger partial charge in [-0.05, 0) is 0 Å². The smallest absolute Gasteiger partial charge is 0.306 e. The fourth-order valence-corrected chi connectivity index (χ4v) is 1.40. The van der Waals surface area contributed by atoms with E-state index in [0.717, 1.165) is 0 Å². The summed E-state index contributed by atoms with van der Waals surface area (Å²) in [5.41, 5.74) is 0. The summed E-state index contributed by atoms with van der Waals surface area (Å²) >= 11 is 0. The summed E-state index contributed by atoms with van der Waals surface area (Å²) in [6.45, 7) is 6.01. The molecule has 0 atom stereocenters. The van der Waals surface area contributed by atoms with Crippen LogP contribution in [-0.2, 0) is 19.1 Å². The van der Waals surface area contributed by atoms with Crippen LogP contribution in [0.25, 0.3) is 0 Å². The zero-order valence-electron chi connectivity index (χ0n) is 9.31. The Labute approximate surface area is 95.0 Å². The van der Waals surface area contributed by atoms with Crippen molar-refractivity contribution < 1.29 is 19.1 Å². The molecule has 1 aliphatic rings. The third-order valence-corrected chi connectivity index (χ3v) is 2.27. The lowest BCUT2D eigenvalue weighted by Gasteiger charge is -2.26. The highest BCUT2D eigenvalue weighted by Crippen LogP contribution is 2.03. The Morgan fingerprint density at radius 1 is 1.31 bits per heavy atom. The summed E-state index contributed by atoms with van der Waals surface area (Å²) < 4.78 is 9.91. The summed E-state index contributed by atoms with van der Waals surface area (Å²) in [5, 5.41) is 0. The fraction of sp³-hybridized carbons (Fsp3) is 0.636. The SMILES string of the molecule is C=CCOC(=O)CCC(=O)N1CCOCC1. The van der Waals surface area contributed by atoms with E-state index in [2.05, 4.69) is 6.58 Å². The van der Waals surface area contributed by atoms with Crippen LogP contribution in [0.2, 0.25) is 0 Å². The number of nitrogens with zero attached hydrogens (tertiary/aromatic N) is 1. The summed E-state index contributed by atoms with van der Waals surface area (Å²) in [6, 6.07) is 0. The first-order valence-electron chi connectivity index (χ1n) is 5.36. The molecule has 5 nitrogen and oxygen atoms in total. The molecule has 0 aromatic rings. The van der Waals surface area contributed by atoms with Gasteiger partial charge in [-0.3, -0.25) is 9.59 Å². The lowest BCUT2D eigenvalue weighted by atomic mass is 10.2. The molecule has 90 valence electrons. The number of morpholine rings is 1. The summed E-state index contributed by atoms with van der Waals surface area (Å²) in [5.74, 6) is -0.375. The zero-order chi connectivity index (χ0) is 11.8. The molecule has 1 heterocycles. The normalized spacial score (nSPS) is 15.6. The summed E-state index contributed by atoms with van der Waals surface area (Å²) in [7, 11) is 0. The van der Waals surface area contributed by atoms with E-state index >= 15 is 0 Å². The second kappa shape index (κ2) is 7.00. The molecule has 0 saturated carbocycles. The summed E-state index contributed by atoms with van der Waals surface area (Å²) in [6.07, 6.45) is 1.84. The molecule has 0 aromatic heterocycles. The highest BCUT2D eigenvalue weighted by molar-refractivity contribution is 5.81. The molecule has 0 aliphatic carbocycles. The number of carbonyl (C=O) groups excluding carboxylic acids is 2. The Kier molecular flexibility index (Phi) is 5.56. The van der Waals surface area contributed by atoms with E-state index in [-0.39, 0.29) is 31.3 Å². The molecular weight excluding hydrogens is 210 g/mol. The molecule has 0 unspecified atom stereocenters. The van der Waals surface area contributed by atoms with Gasteiger partial charge < -0.3 is 14.4 Å². The van der Waals surface area contributed by atoms with E-state index in [4.69, 9.17) is 9.47 Å². The molecule has 5 heteroatoms. The standard InChI is InChI=1S/C11H17NO4/c1-2-7-16-11(14)4-3-10(13)12-5-8-15-9-6-12/h2H,1,3-9H2. The van der Waals surface area contributed by atoms with Crippen LogP contribution < -0.4 is 0 Å². The number of amides is 1. The Balaban J connectivity index is 2.18. The van der Waals surface area contributed by atoms with Crippen molar-refractivity contribution in [3.63, 3.8) is 0 Å². The van der Waals surface area contributed by atoms with E-state index in [0.29, 0.717) is 26.3 Å². The number of ether oxygens (including phenoxy) is 2. The van der Waals surface area contributed by atoms with Gasteiger partial charge in [-0.2, -0.15) is 0 Å². The maximum Gasteiger partial charge on any atom is 0.306 e. The first-order valence-corrected chi connectivity index (χ1v) is 5.36. The number of esters is 1. The Morgan fingerprint density at radius 3 is 2.62 bits per heavy atom. The van der Waals surface area contributed by atoms with Crippen LogP contribution in [-0.4, -0.2) is 49.7 Å². The molecule has 0 spiro atoms. The molecule has 1 saturated heterocycles. The second-order valence-corrected chi connectivity index (χ2v) is 3.46. The second-order valence-electron chi connectivity index (χ2n) is 3.46. The Hall–Kier alpha value is -1.36. The lowest BCUT2D eigenvalue weighted by Crippen LogP contribution is -2.40. The van der Waals surface area contributed by atoms with Gasteiger partial charge in [-0.1, -0.05) is 12.7 Å². The average molecular weight is 227 g/mol. The van der Waals surface area contributed by atoms with Crippen LogP contribution in [0.4, 0.5) is 0 Å². The van der Waals surface area contributed by atoms with Gasteiger partial charge in [0.15, 0.2) is 0 Å². The Bertz CT molecular complexity index is 259. The van der Waals surface area contributed by atoms with Crippen molar-refractivity contribution in [3.8, 4) is 0 Å². The number of hydrogen-bond donors (Lipinski definition) is 0. The van der Waals surface area contributed by atoms with Gasteiger partial charge in [0, 0.05) is 19.5 Å². The van der Waals surface area contributed by atoms with E-state index in [1.165, 1.54) is 6.08 Å². The third-order valence-electron chi connectivity index (χ3n) is 2.27. The van der Waals surface area contributed by atoms with Crippen LogP contribution in [0, 0.1) is 0 Å². The predicted molar refractivity (Wildman–Crippen MR) is 57.8 cm³/mol. The van der Waals surface area contributed by atoms with Crippen molar-refractivity contribution in [3.05, 3.63) is 12.7 Å². The molecule has 0 aromatic carbocycles. The van der Waals surface area contributed by atoms with Gasteiger partial charge in [0.05, 0.1) is 19.6 Å². The monoisotopic (exact) mass is 227 g/mol. The van der Waals surface area contributed by atoms with Crippen molar-refractivity contribution in [1.82, 2.24) is 4.90 Å². The highest BCUT2D eigenvalue weighted by atomic mass is 16.5. The molecule has 1 amide bonds. The lowest BCUT2D eigenvalue weighted by molar-refractivity contribution is -0.146. The topological polar surface area (TPSA) is 55.8 Å². The van der Waals surface area contributed by atoms with Crippen molar-refractivity contribution in [2.45, 2.75) is 12.8 Å². The Morgan fingerprint density at radius 2 is 2.00 bits per heavy atom. The molecule has 1 rings (SSSR count). The molecule has 0 radical (unpaired) electrons. The molecule has 16 heavy (non-hydrogen) atoms. The minimum atomic E-state index is -0.360. The van der Waals surface area contributed by atoms with Crippen molar-refractivity contribution in [1.29, 1.82) is 0 Å². The third kappa shape index (κ3) is 4.44. The van der Waals surface area contributed by atoms with E-state index < -0.39 is 0 Å². The van der Waals surface area contributed by atoms with Gasteiger partial charge in [-0.25, -0.2) is 0 Å². The van der Waals surface area contributed by atoms with E-state index in [1.54, 1.807) is 4.90 Å². The molecule has 0 bridgehead atoms. The van der Waals surface area contributed by atoms with Gasteiger partial charge in [0.2, 0.25) is 5.91 Å². The zero-order valence-corrected chi connectivity index (χ0v) is 9.31. The first kappa shape index (κ1) is 12.7. The number of carbonyl (C=O) groups is 2. The molecule has 1 fully saturated rings. The quantitative estimate of drug-likeness (QED) is 0.502. The fourth-order valence-electron chi connectivity index (χ4n) is 1.40. The maximum absolute atomic E-state index is 11.6. The maximum atomic E-state index is 11.6. The number of hydrogen-bond acceptors (Lipinski definition) is 4.